The lowest BCUT2D eigenvalue weighted by atomic mass is 9.69. The largest absolute Gasteiger partial charge is 0.508 e. The molecule has 0 amide bonds. The van der Waals surface area contributed by atoms with Gasteiger partial charge in [0, 0.05) is 30.2 Å². The smallest absolute Gasteiger partial charge is 0.331 e. The summed E-state index contributed by atoms with van der Waals surface area (Å²) in [5.74, 6) is -4.21. The van der Waals surface area contributed by atoms with Gasteiger partial charge in [-0.2, -0.15) is 0 Å². The molecule has 4 aromatic rings. The molecule has 0 unspecified atom stereocenters. The molecule has 42 heavy (non-hydrogen) atoms. The van der Waals surface area contributed by atoms with Crippen molar-refractivity contribution in [2.75, 3.05) is 0 Å². The van der Waals surface area contributed by atoms with Crippen molar-refractivity contribution >= 4 is 5.97 Å². The van der Waals surface area contributed by atoms with E-state index in [4.69, 9.17) is 14.2 Å². The van der Waals surface area contributed by atoms with E-state index in [1.54, 1.807) is 0 Å². The molecule has 4 atom stereocenters. The molecule has 0 bridgehead atoms. The fraction of sp³-hybridized carbons (Fsp3) is 0.167. The zero-order chi connectivity index (χ0) is 29.7. The number of carbonyl (C=O) groups is 1. The molecule has 8 N–H and O–H groups in total. The van der Waals surface area contributed by atoms with Crippen LogP contribution in [0.4, 0.5) is 0 Å². The molecule has 1 spiro atoms. The molecule has 12 nitrogen and oxygen atoms in total. The van der Waals surface area contributed by atoms with Gasteiger partial charge in [0.2, 0.25) is 0 Å². The minimum absolute atomic E-state index is 0.0394. The van der Waals surface area contributed by atoms with Gasteiger partial charge in [0.25, 0.3) is 0 Å². The third kappa shape index (κ3) is 3.29. The van der Waals surface area contributed by atoms with E-state index in [2.05, 4.69) is 0 Å². The van der Waals surface area contributed by atoms with E-state index in [0.717, 1.165) is 6.07 Å². The fourth-order valence-corrected chi connectivity index (χ4v) is 6.16. The summed E-state index contributed by atoms with van der Waals surface area (Å²) >= 11 is 0. The summed E-state index contributed by atoms with van der Waals surface area (Å²) in [6, 6.07) is 11.0. The Kier molecular flexibility index (Phi) is 5.16. The van der Waals surface area contributed by atoms with E-state index in [1.807, 2.05) is 0 Å². The number of aliphatic hydroxyl groups is 1. The molecular formula is C30H22O12. The Morgan fingerprint density at radius 1 is 0.667 bits per heavy atom. The minimum Gasteiger partial charge on any atom is -0.508 e. The normalized spacial score (nSPS) is 23.5. The van der Waals surface area contributed by atoms with Gasteiger partial charge in [-0.1, -0.05) is 12.1 Å². The number of benzene rings is 4. The van der Waals surface area contributed by atoms with Gasteiger partial charge in [0.1, 0.15) is 46.7 Å². The molecule has 0 aromatic heterocycles. The van der Waals surface area contributed by atoms with Crippen LogP contribution >= 0.6 is 0 Å². The van der Waals surface area contributed by atoms with Crippen LogP contribution in [0.25, 0.3) is 0 Å². The van der Waals surface area contributed by atoms with Gasteiger partial charge in [0.15, 0.2) is 28.4 Å². The van der Waals surface area contributed by atoms with Crippen LogP contribution in [0.15, 0.2) is 54.6 Å². The van der Waals surface area contributed by atoms with E-state index < -0.39 is 52.7 Å². The quantitative estimate of drug-likeness (QED) is 0.0988. The summed E-state index contributed by atoms with van der Waals surface area (Å²) in [5.41, 5.74) is -1.48. The Morgan fingerprint density at radius 2 is 1.33 bits per heavy atom. The predicted molar refractivity (Wildman–Crippen MR) is 140 cm³/mol. The van der Waals surface area contributed by atoms with Gasteiger partial charge in [0.05, 0.1) is 17.2 Å². The first-order valence-corrected chi connectivity index (χ1v) is 12.7. The Balaban J connectivity index is 1.51. The van der Waals surface area contributed by atoms with Gasteiger partial charge in [-0.3, -0.25) is 4.79 Å². The first-order valence-electron chi connectivity index (χ1n) is 12.7. The highest BCUT2D eigenvalue weighted by molar-refractivity contribution is 6.00. The number of phenolic OH excluding ortho intramolecular Hbond substituents is 7. The molecule has 3 aliphatic rings. The standard InChI is InChI=1S/C30H22O12/c31-13-7-20(37)24-22(8-13)40-28(12-2-4-16(33)19(36)6-12)30(24)25-23(41-29(30)39)10-17(34)14-9-21(38)26(42-27(14)25)11-1-3-15(32)18(35)5-11/h1-8,10,21,26,28,31-38H,9H2/t21-,26-,28-,30+/m1/s1. The lowest BCUT2D eigenvalue weighted by Gasteiger charge is -2.35. The van der Waals surface area contributed by atoms with E-state index >= 15 is 0 Å². The van der Waals surface area contributed by atoms with Crippen molar-refractivity contribution in [3.8, 4) is 57.5 Å². The number of hydrogen-bond donors (Lipinski definition) is 8. The molecule has 12 heteroatoms. The number of esters is 1. The second kappa shape index (κ2) is 8.51. The number of fused-ring (bicyclic) bond motifs is 6. The average molecular weight is 574 g/mol. The van der Waals surface area contributed by atoms with Gasteiger partial charge >= 0.3 is 5.97 Å². The minimum atomic E-state index is -2.02. The number of rotatable bonds is 2. The maximum atomic E-state index is 14.1. The van der Waals surface area contributed by atoms with Crippen LogP contribution in [-0.2, 0) is 16.6 Å². The highest BCUT2D eigenvalue weighted by Gasteiger charge is 2.66. The number of aromatic hydroxyl groups is 7. The maximum Gasteiger partial charge on any atom is 0.331 e. The monoisotopic (exact) mass is 574 g/mol. The number of carbonyl (C=O) groups excluding carboxylic acids is 1. The van der Waals surface area contributed by atoms with E-state index in [-0.39, 0.29) is 68.7 Å². The van der Waals surface area contributed by atoms with E-state index in [1.165, 1.54) is 48.5 Å². The van der Waals surface area contributed by atoms with Gasteiger partial charge in [-0.05, 0) is 35.4 Å². The van der Waals surface area contributed by atoms with Gasteiger partial charge in [-0.15, -0.1) is 0 Å². The molecule has 0 aliphatic carbocycles. The summed E-state index contributed by atoms with van der Waals surface area (Å²) in [5, 5.41) is 83.3. The zero-order valence-corrected chi connectivity index (χ0v) is 21.3. The highest BCUT2D eigenvalue weighted by atomic mass is 16.6. The van der Waals surface area contributed by atoms with Crippen molar-refractivity contribution in [3.63, 3.8) is 0 Å². The topological polar surface area (TPSA) is 207 Å². The molecule has 0 saturated heterocycles. The van der Waals surface area contributed by atoms with Gasteiger partial charge in [-0.25, -0.2) is 0 Å². The van der Waals surface area contributed by atoms with Crippen LogP contribution in [0.1, 0.15) is 40.0 Å². The van der Waals surface area contributed by atoms with Gasteiger partial charge < -0.3 is 55.1 Å². The third-order valence-electron chi connectivity index (χ3n) is 7.98. The Labute approximate surface area is 236 Å². The molecule has 4 aromatic carbocycles. The van der Waals surface area contributed by atoms with Crippen LogP contribution in [0.2, 0.25) is 0 Å². The van der Waals surface area contributed by atoms with Crippen molar-refractivity contribution in [1.29, 1.82) is 0 Å². The highest BCUT2D eigenvalue weighted by Crippen LogP contribution is 2.66. The molecule has 3 aliphatic heterocycles. The SMILES string of the molecule is O=C1Oc2cc(O)c3c(c2[C@]12c1c(O)cc(O)cc1O[C@@H]2c1ccc(O)c(O)c1)O[C@H](c1ccc(O)c(O)c1)[C@H](O)C3. The average Bonchev–Trinajstić information content (AvgIpc) is 3.42. The van der Waals surface area contributed by atoms with Crippen molar-refractivity contribution < 1.29 is 59.9 Å². The van der Waals surface area contributed by atoms with E-state index in [0.29, 0.717) is 0 Å². The zero-order valence-electron chi connectivity index (χ0n) is 21.3. The van der Waals surface area contributed by atoms with Crippen molar-refractivity contribution in [2.24, 2.45) is 0 Å². The second-order valence-corrected chi connectivity index (χ2v) is 10.4. The Hall–Kier alpha value is -5.49. The number of aliphatic hydroxyl groups excluding tert-OH is 1. The molecule has 7 rings (SSSR count). The third-order valence-corrected chi connectivity index (χ3v) is 7.98. The molecule has 0 radical (unpaired) electrons. The number of ether oxygens (including phenoxy) is 3. The summed E-state index contributed by atoms with van der Waals surface area (Å²) in [7, 11) is 0. The first-order chi connectivity index (χ1) is 20.0. The first kappa shape index (κ1) is 25.5. The maximum absolute atomic E-state index is 14.1. The lowest BCUT2D eigenvalue weighted by Crippen LogP contribution is -2.40. The molecule has 0 fully saturated rings. The summed E-state index contributed by atoms with van der Waals surface area (Å²) in [4.78, 5) is 14.1. The van der Waals surface area contributed by atoms with Crippen molar-refractivity contribution in [3.05, 3.63) is 82.4 Å². The molecule has 3 heterocycles. The summed E-state index contributed by atoms with van der Waals surface area (Å²) in [6.07, 6.45) is -3.89. The van der Waals surface area contributed by atoms with Crippen LogP contribution in [0.5, 0.6) is 57.5 Å². The fourth-order valence-electron chi connectivity index (χ4n) is 6.16. The number of phenols is 7. The number of hydrogen-bond acceptors (Lipinski definition) is 12. The van der Waals surface area contributed by atoms with Crippen LogP contribution in [0, 0.1) is 0 Å². The molecular weight excluding hydrogens is 552 g/mol. The summed E-state index contributed by atoms with van der Waals surface area (Å²) < 4.78 is 18.1. The molecule has 0 saturated carbocycles. The second-order valence-electron chi connectivity index (χ2n) is 10.4. The Bertz CT molecular complexity index is 1830. The van der Waals surface area contributed by atoms with Crippen LogP contribution in [-0.4, -0.2) is 52.9 Å². The Morgan fingerprint density at radius 3 is 2.02 bits per heavy atom. The lowest BCUT2D eigenvalue weighted by molar-refractivity contribution is -0.139. The van der Waals surface area contributed by atoms with Crippen molar-refractivity contribution in [2.45, 2.75) is 30.1 Å². The van der Waals surface area contributed by atoms with Crippen LogP contribution in [0.3, 0.4) is 0 Å². The van der Waals surface area contributed by atoms with Crippen LogP contribution < -0.4 is 14.2 Å². The predicted octanol–water partition coefficient (Wildman–Crippen LogP) is 3.00. The van der Waals surface area contributed by atoms with Crippen molar-refractivity contribution in [1.82, 2.24) is 0 Å². The molecule has 214 valence electrons. The van der Waals surface area contributed by atoms with E-state index in [9.17, 15) is 45.6 Å². The summed E-state index contributed by atoms with van der Waals surface area (Å²) in [6.45, 7) is 0.